The SMILES string of the molecule is Cc1cc2c(-c3cccc4ccccc34)cccc2[cH-]1.Cc1cc2c(-c3cccc4ccccc34)cccc2[cH-]1.[CH2-][Si]1([CH2-])CCCC1.[Sc].[Sc]. The predicted molar refractivity (Wildman–Crippen MR) is 210 cm³/mol. The van der Waals surface area contributed by atoms with Crippen molar-refractivity contribution in [3.05, 3.63) is 170 Å². The van der Waals surface area contributed by atoms with Gasteiger partial charge in [0.15, 0.2) is 0 Å². The van der Waals surface area contributed by atoms with E-state index in [1.165, 1.54) is 101 Å². The average Bonchev–Trinajstić information content (AvgIpc) is 3.80. The van der Waals surface area contributed by atoms with Crippen LogP contribution >= 0.6 is 0 Å². The van der Waals surface area contributed by atoms with E-state index in [1.807, 2.05) is 0 Å². The standard InChI is InChI=1S/2C20H15.C6H12Si.2Sc/c2*1-14-12-16-8-5-11-19(20(16)13-14)18-10-4-7-15-6-2-3-9-17(15)18;1-7(2)5-3-4-6-7;;/h2*2-13H,1H3;1-6H2;;/q2*-1;-2;;. The van der Waals surface area contributed by atoms with Crippen LogP contribution in [-0.4, -0.2) is 8.07 Å². The van der Waals surface area contributed by atoms with Gasteiger partial charge in [-0.3, -0.25) is 0 Å². The van der Waals surface area contributed by atoms with E-state index in [4.69, 9.17) is 0 Å². The summed E-state index contributed by atoms with van der Waals surface area (Å²) >= 11 is 0. The topological polar surface area (TPSA) is 0 Å². The summed E-state index contributed by atoms with van der Waals surface area (Å²) in [6, 6.07) is 55.2. The molecule has 0 amide bonds. The minimum Gasteiger partial charge on any atom is -0.366 e. The van der Waals surface area contributed by atoms with Crippen molar-refractivity contribution < 1.29 is 51.7 Å². The molecule has 0 spiro atoms. The van der Waals surface area contributed by atoms with Crippen LogP contribution < -0.4 is 0 Å². The first-order valence-corrected chi connectivity index (χ1v) is 19.7. The van der Waals surface area contributed by atoms with Crippen molar-refractivity contribution >= 4 is 51.2 Å². The van der Waals surface area contributed by atoms with Gasteiger partial charge in [0.25, 0.3) is 0 Å². The predicted octanol–water partition coefficient (Wildman–Crippen LogP) is 13.3. The Kier molecular flexibility index (Phi) is 12.4. The Morgan fingerprint density at radius 1 is 0.449 bits per heavy atom. The van der Waals surface area contributed by atoms with E-state index in [0.717, 1.165) is 0 Å². The minimum atomic E-state index is -1.04. The monoisotopic (exact) mass is 712 g/mol. The second-order valence-electron chi connectivity index (χ2n) is 13.4. The van der Waals surface area contributed by atoms with Gasteiger partial charge in [-0.05, 0) is 32.7 Å². The largest absolute Gasteiger partial charge is 0.366 e. The summed E-state index contributed by atoms with van der Waals surface area (Å²) in [5, 5.41) is 10.6. The maximum atomic E-state index is 4.10. The molecule has 0 N–H and O–H groups in total. The Morgan fingerprint density at radius 2 is 0.796 bits per heavy atom. The molecule has 0 bridgehead atoms. The fourth-order valence-electron chi connectivity index (χ4n) is 7.28. The van der Waals surface area contributed by atoms with Gasteiger partial charge in [-0.15, -0.1) is 81.2 Å². The molecule has 0 nitrogen and oxygen atoms in total. The fraction of sp³-hybridized carbons (Fsp3) is 0.130. The molecule has 0 atom stereocenters. The zero-order valence-corrected chi connectivity index (χ0v) is 33.4. The molecule has 1 heterocycles. The first kappa shape index (κ1) is 37.3. The van der Waals surface area contributed by atoms with Gasteiger partial charge < -0.3 is 13.1 Å². The number of hydrogen-bond donors (Lipinski definition) is 0. The Bertz CT molecular complexity index is 2150. The Morgan fingerprint density at radius 3 is 1.18 bits per heavy atom. The van der Waals surface area contributed by atoms with E-state index in [0.29, 0.717) is 0 Å². The molecule has 240 valence electrons. The van der Waals surface area contributed by atoms with Gasteiger partial charge in [-0.1, -0.05) is 135 Å². The smallest absolute Gasteiger partial charge is 0 e. The van der Waals surface area contributed by atoms with Gasteiger partial charge in [0.1, 0.15) is 0 Å². The van der Waals surface area contributed by atoms with E-state index in [9.17, 15) is 0 Å². The molecule has 8 aromatic carbocycles. The van der Waals surface area contributed by atoms with Crippen molar-refractivity contribution in [3.63, 3.8) is 0 Å². The first-order chi connectivity index (χ1) is 22.9. The van der Waals surface area contributed by atoms with E-state index in [-0.39, 0.29) is 51.7 Å². The Labute approximate surface area is 330 Å². The maximum absolute atomic E-state index is 4.10. The molecule has 8 aromatic rings. The molecule has 1 aliphatic rings. The minimum absolute atomic E-state index is 0. The van der Waals surface area contributed by atoms with Crippen molar-refractivity contribution in [1.82, 2.24) is 0 Å². The van der Waals surface area contributed by atoms with E-state index in [2.05, 4.69) is 173 Å². The zero-order valence-electron chi connectivity index (χ0n) is 28.8. The van der Waals surface area contributed by atoms with Crippen molar-refractivity contribution in [3.8, 4) is 22.3 Å². The van der Waals surface area contributed by atoms with Crippen molar-refractivity contribution in [2.24, 2.45) is 0 Å². The number of rotatable bonds is 2. The molecule has 49 heavy (non-hydrogen) atoms. The van der Waals surface area contributed by atoms with E-state index < -0.39 is 8.07 Å². The van der Waals surface area contributed by atoms with Gasteiger partial charge in [0, 0.05) is 51.7 Å². The second kappa shape index (κ2) is 16.4. The van der Waals surface area contributed by atoms with Crippen LogP contribution in [0.25, 0.3) is 65.3 Å². The van der Waals surface area contributed by atoms with Crippen LogP contribution in [0.2, 0.25) is 12.1 Å². The maximum Gasteiger partial charge on any atom is 0 e. The summed E-state index contributed by atoms with van der Waals surface area (Å²) in [5.41, 5.74) is 7.94. The normalized spacial score (nSPS) is 13.2. The Balaban J connectivity index is 0.000000155. The van der Waals surface area contributed by atoms with Crippen LogP contribution in [0.5, 0.6) is 0 Å². The summed E-state index contributed by atoms with van der Waals surface area (Å²) in [7, 11) is -1.04. The molecule has 2 radical (unpaired) electrons. The van der Waals surface area contributed by atoms with Crippen LogP contribution in [0, 0.1) is 26.9 Å². The number of hydrogen-bond acceptors (Lipinski definition) is 0. The molecular formula is C46H42Sc2Si-4. The van der Waals surface area contributed by atoms with Crippen LogP contribution in [0.15, 0.2) is 146 Å². The fourth-order valence-corrected chi connectivity index (χ4v) is 9.53. The summed E-state index contributed by atoms with van der Waals surface area (Å²) in [6.45, 7) is 12.5. The first-order valence-electron chi connectivity index (χ1n) is 16.9. The third kappa shape index (κ3) is 8.33. The van der Waals surface area contributed by atoms with Crippen LogP contribution in [0.3, 0.4) is 0 Å². The number of aryl methyl sites for hydroxylation is 2. The number of benzene rings is 6. The molecule has 0 unspecified atom stereocenters. The van der Waals surface area contributed by atoms with Crippen molar-refractivity contribution in [1.29, 1.82) is 0 Å². The van der Waals surface area contributed by atoms with Gasteiger partial charge >= 0.3 is 0 Å². The van der Waals surface area contributed by atoms with Crippen LogP contribution in [-0.2, 0) is 51.7 Å². The van der Waals surface area contributed by atoms with E-state index >= 15 is 0 Å². The molecule has 0 saturated carbocycles. The molecule has 1 saturated heterocycles. The summed E-state index contributed by atoms with van der Waals surface area (Å²) in [4.78, 5) is 0. The van der Waals surface area contributed by atoms with E-state index in [1.54, 1.807) is 0 Å². The Hall–Kier alpha value is -2.98. The van der Waals surface area contributed by atoms with Crippen molar-refractivity contribution in [2.45, 2.75) is 38.8 Å². The van der Waals surface area contributed by atoms with Crippen LogP contribution in [0.1, 0.15) is 24.0 Å². The van der Waals surface area contributed by atoms with Gasteiger partial charge in [0.05, 0.1) is 0 Å². The third-order valence-electron chi connectivity index (χ3n) is 9.61. The van der Waals surface area contributed by atoms with Gasteiger partial charge in [-0.2, -0.15) is 12.1 Å². The molecule has 0 aromatic heterocycles. The van der Waals surface area contributed by atoms with Gasteiger partial charge in [0.2, 0.25) is 0 Å². The molecule has 1 aliphatic heterocycles. The summed E-state index contributed by atoms with van der Waals surface area (Å²) in [6.07, 6.45) is 2.80. The van der Waals surface area contributed by atoms with Crippen molar-refractivity contribution in [2.75, 3.05) is 0 Å². The summed E-state index contributed by atoms with van der Waals surface area (Å²) < 4.78 is 0. The number of fused-ring (bicyclic) bond motifs is 4. The second-order valence-corrected chi connectivity index (χ2v) is 17.4. The molecule has 1 fully saturated rings. The van der Waals surface area contributed by atoms with Gasteiger partial charge in [-0.25, -0.2) is 8.07 Å². The molecular weight excluding hydrogens is 671 g/mol. The third-order valence-corrected chi connectivity index (χ3v) is 12.4. The average molecular weight is 713 g/mol. The molecule has 9 rings (SSSR count). The quantitative estimate of drug-likeness (QED) is 0.124. The molecule has 0 aliphatic carbocycles. The summed E-state index contributed by atoms with van der Waals surface area (Å²) in [5.74, 6) is 0. The molecule has 3 heteroatoms. The zero-order chi connectivity index (χ0) is 32.4. The van der Waals surface area contributed by atoms with Crippen LogP contribution in [0.4, 0.5) is 0 Å².